The Morgan fingerprint density at radius 3 is 2.67 bits per heavy atom. The van der Waals surface area contributed by atoms with Gasteiger partial charge in [0.05, 0.1) is 10.2 Å². The first-order chi connectivity index (χ1) is 9.88. The summed E-state index contributed by atoms with van der Waals surface area (Å²) in [5, 5.41) is 6.30. The third-order valence-corrected chi connectivity index (χ3v) is 4.10. The first kappa shape index (κ1) is 16.0. The molecule has 0 spiro atoms. The zero-order valence-electron chi connectivity index (χ0n) is 10.8. The van der Waals surface area contributed by atoms with Crippen LogP contribution in [0.25, 0.3) is 0 Å². The number of carbonyl (C=O) groups excluding carboxylic acids is 1. The Labute approximate surface area is 136 Å². The number of amides is 1. The zero-order chi connectivity index (χ0) is 15.6. The molecule has 0 saturated carbocycles. The second-order valence-electron chi connectivity index (χ2n) is 4.15. The van der Waals surface area contributed by atoms with Crippen molar-refractivity contribution in [2.75, 3.05) is 5.32 Å². The van der Waals surface area contributed by atoms with E-state index in [9.17, 15) is 13.6 Å². The molecule has 112 valence electrons. The van der Waals surface area contributed by atoms with Crippen LogP contribution >= 0.6 is 31.9 Å². The van der Waals surface area contributed by atoms with E-state index >= 15 is 0 Å². The van der Waals surface area contributed by atoms with E-state index in [0.717, 1.165) is 4.47 Å². The monoisotopic (exact) mass is 422 g/mol. The van der Waals surface area contributed by atoms with E-state index in [1.807, 2.05) is 0 Å². The van der Waals surface area contributed by atoms with Gasteiger partial charge in [0.1, 0.15) is 18.1 Å². The van der Waals surface area contributed by atoms with Crippen LogP contribution in [0.4, 0.5) is 14.6 Å². The van der Waals surface area contributed by atoms with Gasteiger partial charge in [-0.15, -0.1) is 0 Å². The summed E-state index contributed by atoms with van der Waals surface area (Å²) in [6, 6.07) is 3.35. The fourth-order valence-corrected chi connectivity index (χ4v) is 2.30. The molecule has 21 heavy (non-hydrogen) atoms. The molecule has 2 rings (SSSR count). The molecule has 0 aliphatic heterocycles. The standard InChI is InChI=1S/C12H10Br2F2N4O/c1-6-10(14)11(12(15)16)19-20(6)5-9(21)18-8-3-2-7(13)4-17-8/h2-4,12H,5H2,1H3,(H,17,18,21). The molecule has 2 aromatic heterocycles. The lowest BCUT2D eigenvalue weighted by atomic mass is 10.4. The van der Waals surface area contributed by atoms with E-state index in [4.69, 9.17) is 0 Å². The highest BCUT2D eigenvalue weighted by Gasteiger charge is 2.21. The normalized spacial score (nSPS) is 11.0. The minimum Gasteiger partial charge on any atom is -0.309 e. The largest absolute Gasteiger partial charge is 0.309 e. The number of alkyl halides is 2. The molecule has 0 radical (unpaired) electrons. The van der Waals surface area contributed by atoms with Crippen molar-refractivity contribution < 1.29 is 13.6 Å². The number of rotatable bonds is 4. The quantitative estimate of drug-likeness (QED) is 0.815. The van der Waals surface area contributed by atoms with Gasteiger partial charge in [0, 0.05) is 10.7 Å². The molecule has 0 unspecified atom stereocenters. The lowest BCUT2D eigenvalue weighted by Gasteiger charge is -2.06. The Balaban J connectivity index is 2.09. The van der Waals surface area contributed by atoms with Crippen LogP contribution in [0.3, 0.4) is 0 Å². The fraction of sp³-hybridized carbons (Fsp3) is 0.250. The maximum atomic E-state index is 12.7. The van der Waals surface area contributed by atoms with E-state index in [0.29, 0.717) is 11.5 Å². The van der Waals surface area contributed by atoms with Crippen molar-refractivity contribution in [2.45, 2.75) is 19.9 Å². The summed E-state index contributed by atoms with van der Waals surface area (Å²) in [6.07, 6.45) is -1.16. The van der Waals surface area contributed by atoms with Crippen molar-refractivity contribution in [1.82, 2.24) is 14.8 Å². The minimum absolute atomic E-state index is 0.172. The number of carbonyl (C=O) groups is 1. The highest BCUT2D eigenvalue weighted by Crippen LogP contribution is 2.28. The van der Waals surface area contributed by atoms with Crippen molar-refractivity contribution in [1.29, 1.82) is 0 Å². The van der Waals surface area contributed by atoms with Crippen LogP contribution in [0.2, 0.25) is 0 Å². The fourth-order valence-electron chi connectivity index (χ4n) is 1.61. The molecule has 2 aromatic rings. The molecule has 1 amide bonds. The van der Waals surface area contributed by atoms with E-state index in [2.05, 4.69) is 47.3 Å². The molecule has 1 N–H and O–H groups in total. The molecule has 5 nitrogen and oxygen atoms in total. The van der Waals surface area contributed by atoms with Crippen LogP contribution in [-0.4, -0.2) is 20.7 Å². The summed E-state index contributed by atoms with van der Waals surface area (Å²) < 4.78 is 27.7. The Morgan fingerprint density at radius 2 is 2.14 bits per heavy atom. The summed E-state index contributed by atoms with van der Waals surface area (Å²) in [5.41, 5.74) is 0.0891. The molecule has 0 aliphatic carbocycles. The lowest BCUT2D eigenvalue weighted by molar-refractivity contribution is -0.117. The van der Waals surface area contributed by atoms with Gasteiger partial charge in [0.15, 0.2) is 0 Å². The van der Waals surface area contributed by atoms with Crippen LogP contribution in [0.1, 0.15) is 17.8 Å². The highest BCUT2D eigenvalue weighted by molar-refractivity contribution is 9.10. The Hall–Kier alpha value is -1.35. The van der Waals surface area contributed by atoms with Crippen molar-refractivity contribution in [3.63, 3.8) is 0 Å². The summed E-state index contributed by atoms with van der Waals surface area (Å²) >= 11 is 6.29. The van der Waals surface area contributed by atoms with Gasteiger partial charge in [-0.25, -0.2) is 13.8 Å². The highest BCUT2D eigenvalue weighted by atomic mass is 79.9. The van der Waals surface area contributed by atoms with Crippen LogP contribution < -0.4 is 5.32 Å². The van der Waals surface area contributed by atoms with E-state index in [-0.39, 0.29) is 16.7 Å². The van der Waals surface area contributed by atoms with E-state index in [1.165, 1.54) is 4.68 Å². The van der Waals surface area contributed by atoms with Crippen molar-refractivity contribution in [3.8, 4) is 0 Å². The number of aromatic nitrogens is 3. The summed E-state index contributed by atoms with van der Waals surface area (Å²) in [4.78, 5) is 15.9. The Morgan fingerprint density at radius 1 is 1.43 bits per heavy atom. The van der Waals surface area contributed by atoms with Gasteiger partial charge in [-0.2, -0.15) is 5.10 Å². The maximum absolute atomic E-state index is 12.7. The van der Waals surface area contributed by atoms with Crippen LogP contribution in [-0.2, 0) is 11.3 Å². The number of pyridine rings is 1. The first-order valence-corrected chi connectivity index (χ1v) is 7.39. The van der Waals surface area contributed by atoms with Crippen LogP contribution in [0.15, 0.2) is 27.3 Å². The maximum Gasteiger partial charge on any atom is 0.283 e. The molecule has 0 aliphatic rings. The topological polar surface area (TPSA) is 59.8 Å². The number of halogens is 4. The molecular weight excluding hydrogens is 414 g/mol. The average Bonchev–Trinajstić information content (AvgIpc) is 2.70. The molecule has 0 bridgehead atoms. The van der Waals surface area contributed by atoms with Gasteiger partial charge in [-0.3, -0.25) is 9.48 Å². The zero-order valence-corrected chi connectivity index (χ0v) is 14.0. The molecule has 0 saturated heterocycles. The predicted octanol–water partition coefficient (Wildman–Crippen LogP) is 3.69. The van der Waals surface area contributed by atoms with Crippen LogP contribution in [0, 0.1) is 6.92 Å². The molecule has 2 heterocycles. The van der Waals surface area contributed by atoms with Crippen molar-refractivity contribution in [2.24, 2.45) is 0 Å². The molecule has 0 aromatic carbocycles. The second kappa shape index (κ2) is 6.61. The van der Waals surface area contributed by atoms with Gasteiger partial charge in [0.2, 0.25) is 5.91 Å². The first-order valence-electron chi connectivity index (χ1n) is 5.81. The number of nitrogens with zero attached hydrogens (tertiary/aromatic N) is 3. The molecule has 9 heteroatoms. The number of nitrogens with one attached hydrogen (secondary N) is 1. The van der Waals surface area contributed by atoms with Crippen molar-refractivity contribution >= 4 is 43.6 Å². The minimum atomic E-state index is -2.70. The number of hydrogen-bond acceptors (Lipinski definition) is 3. The second-order valence-corrected chi connectivity index (χ2v) is 5.86. The van der Waals surface area contributed by atoms with Gasteiger partial charge >= 0.3 is 0 Å². The van der Waals surface area contributed by atoms with Gasteiger partial charge < -0.3 is 5.32 Å². The predicted molar refractivity (Wildman–Crippen MR) is 80.2 cm³/mol. The van der Waals surface area contributed by atoms with Crippen molar-refractivity contribution in [3.05, 3.63) is 38.7 Å². The number of hydrogen-bond donors (Lipinski definition) is 1. The molecule has 0 fully saturated rings. The Bertz CT molecular complexity index is 658. The molecule has 0 atom stereocenters. The third-order valence-electron chi connectivity index (χ3n) is 2.65. The van der Waals surface area contributed by atoms with Gasteiger partial charge in [-0.1, -0.05) is 0 Å². The average molecular weight is 424 g/mol. The van der Waals surface area contributed by atoms with E-state index < -0.39 is 12.3 Å². The van der Waals surface area contributed by atoms with Gasteiger partial charge in [0.25, 0.3) is 6.43 Å². The van der Waals surface area contributed by atoms with E-state index in [1.54, 1.807) is 25.3 Å². The summed E-state index contributed by atoms with van der Waals surface area (Å²) in [6.45, 7) is 1.43. The SMILES string of the molecule is Cc1c(Br)c(C(F)F)nn1CC(=O)Nc1ccc(Br)cn1. The Kier molecular flexibility index (Phi) is 5.04. The number of anilines is 1. The summed E-state index contributed by atoms with van der Waals surface area (Å²) in [7, 11) is 0. The van der Waals surface area contributed by atoms with Gasteiger partial charge in [-0.05, 0) is 50.9 Å². The lowest BCUT2D eigenvalue weighted by Crippen LogP contribution is -2.20. The van der Waals surface area contributed by atoms with Crippen LogP contribution in [0.5, 0.6) is 0 Å². The molecular formula is C12H10Br2F2N4O. The summed E-state index contributed by atoms with van der Waals surface area (Å²) in [5.74, 6) is -0.0232. The smallest absolute Gasteiger partial charge is 0.283 e. The third kappa shape index (κ3) is 3.85.